The average molecular weight is 323 g/mol. The van der Waals surface area contributed by atoms with Gasteiger partial charge in [0.2, 0.25) is 5.91 Å². The van der Waals surface area contributed by atoms with E-state index in [2.05, 4.69) is 0 Å². The summed E-state index contributed by atoms with van der Waals surface area (Å²) in [6.45, 7) is 7.47. The lowest BCUT2D eigenvalue weighted by molar-refractivity contribution is -0.134. The molecule has 1 fully saturated rings. The molecule has 1 rings (SSSR count). The third kappa shape index (κ3) is 3.47. The number of nitrogens with zero attached hydrogens (tertiary/aromatic N) is 3. The Bertz CT molecular complexity index is 451. The van der Waals surface area contributed by atoms with E-state index in [0.29, 0.717) is 11.6 Å². The lowest BCUT2D eigenvalue weighted by Gasteiger charge is -2.32. The van der Waals surface area contributed by atoms with Crippen LogP contribution in [0.3, 0.4) is 0 Å². The van der Waals surface area contributed by atoms with Gasteiger partial charge in [-0.25, -0.2) is 0 Å². The van der Waals surface area contributed by atoms with Crippen LogP contribution in [0.5, 0.6) is 0 Å². The molecule has 1 heterocycles. The highest BCUT2D eigenvalue weighted by atomic mass is 32.2. The normalized spacial score (nSPS) is 21.1. The summed E-state index contributed by atoms with van der Waals surface area (Å²) in [6, 6.07) is -0.678. The first-order valence-electron chi connectivity index (χ1n) is 6.70. The van der Waals surface area contributed by atoms with E-state index in [1.165, 1.54) is 20.4 Å². The van der Waals surface area contributed by atoms with E-state index >= 15 is 0 Å². The minimum Gasteiger partial charge on any atom is -0.342 e. The van der Waals surface area contributed by atoms with Crippen molar-refractivity contribution in [1.29, 1.82) is 0 Å². The zero-order valence-electron chi connectivity index (χ0n) is 13.0. The third-order valence-electron chi connectivity index (χ3n) is 3.64. The van der Waals surface area contributed by atoms with Gasteiger partial charge in [-0.05, 0) is 27.7 Å². The summed E-state index contributed by atoms with van der Waals surface area (Å²) in [5, 5.41) is 0. The Balaban J connectivity index is 2.98. The number of carbonyl (C=O) groups is 1. The first kappa shape index (κ1) is 17.7. The van der Waals surface area contributed by atoms with E-state index in [0.717, 1.165) is 0 Å². The van der Waals surface area contributed by atoms with Crippen molar-refractivity contribution in [3.8, 4) is 0 Å². The second-order valence-electron chi connectivity index (χ2n) is 5.56. The zero-order chi connectivity index (χ0) is 15.7. The molecule has 118 valence electrons. The Hall–Kier alpha value is -0.310. The number of amides is 1. The third-order valence-corrected chi connectivity index (χ3v) is 6.94. The van der Waals surface area contributed by atoms with Crippen LogP contribution >= 0.6 is 11.8 Å². The molecule has 0 bridgehead atoms. The maximum absolute atomic E-state index is 12.5. The molecule has 0 saturated carbocycles. The molecular formula is C12H25N3O3S2. The number of hydrogen-bond acceptors (Lipinski definition) is 4. The van der Waals surface area contributed by atoms with Crippen molar-refractivity contribution in [3.63, 3.8) is 0 Å². The SMILES string of the molecule is CC(C)N(C)C(=O)C1CSCN1S(=O)(=O)N(C)C(C)C. The first-order chi connectivity index (χ1) is 9.10. The van der Waals surface area contributed by atoms with Gasteiger partial charge < -0.3 is 4.90 Å². The molecule has 1 amide bonds. The molecule has 8 heteroatoms. The lowest BCUT2D eigenvalue weighted by atomic mass is 10.2. The monoisotopic (exact) mass is 323 g/mol. The Kier molecular flexibility index (Phi) is 5.89. The molecule has 0 aromatic rings. The van der Waals surface area contributed by atoms with Gasteiger partial charge in [-0.3, -0.25) is 4.79 Å². The molecule has 1 aliphatic heterocycles. The van der Waals surface area contributed by atoms with Crippen LogP contribution in [0.4, 0.5) is 0 Å². The quantitative estimate of drug-likeness (QED) is 0.751. The van der Waals surface area contributed by atoms with E-state index in [-0.39, 0.29) is 18.0 Å². The van der Waals surface area contributed by atoms with E-state index in [1.807, 2.05) is 27.7 Å². The van der Waals surface area contributed by atoms with Crippen LogP contribution in [-0.4, -0.2) is 71.7 Å². The number of thioether (sulfide) groups is 1. The summed E-state index contributed by atoms with van der Waals surface area (Å²) < 4.78 is 27.7. The van der Waals surface area contributed by atoms with Crippen LogP contribution in [0, 0.1) is 0 Å². The van der Waals surface area contributed by atoms with Crippen LogP contribution in [0.15, 0.2) is 0 Å². The van der Waals surface area contributed by atoms with Gasteiger partial charge in [-0.1, -0.05) is 0 Å². The maximum atomic E-state index is 12.5. The number of carbonyl (C=O) groups excluding carboxylic acids is 1. The van der Waals surface area contributed by atoms with Gasteiger partial charge in [0.15, 0.2) is 0 Å². The predicted molar refractivity (Wildman–Crippen MR) is 82.7 cm³/mol. The summed E-state index contributed by atoms with van der Waals surface area (Å²) in [5.74, 6) is 0.716. The largest absolute Gasteiger partial charge is 0.342 e. The summed E-state index contributed by atoms with van der Waals surface area (Å²) >= 11 is 1.48. The van der Waals surface area contributed by atoms with Gasteiger partial charge in [-0.15, -0.1) is 11.8 Å². The minimum atomic E-state index is -3.59. The van der Waals surface area contributed by atoms with Gasteiger partial charge in [0.25, 0.3) is 10.2 Å². The molecule has 0 N–H and O–H groups in total. The summed E-state index contributed by atoms with van der Waals surface area (Å²) in [6.07, 6.45) is 0. The molecule has 1 saturated heterocycles. The second-order valence-corrected chi connectivity index (χ2v) is 8.50. The number of rotatable bonds is 5. The summed E-state index contributed by atoms with van der Waals surface area (Å²) in [4.78, 5) is 14.0. The van der Waals surface area contributed by atoms with Crippen molar-refractivity contribution in [2.24, 2.45) is 0 Å². The van der Waals surface area contributed by atoms with Crippen LogP contribution in [0.1, 0.15) is 27.7 Å². The van der Waals surface area contributed by atoms with E-state index in [9.17, 15) is 13.2 Å². The van der Waals surface area contributed by atoms with Crippen molar-refractivity contribution >= 4 is 27.9 Å². The Morgan fingerprint density at radius 3 is 2.20 bits per heavy atom. The molecule has 0 aliphatic carbocycles. The van der Waals surface area contributed by atoms with Crippen LogP contribution in [0.2, 0.25) is 0 Å². The predicted octanol–water partition coefficient (Wildman–Crippen LogP) is 0.813. The Morgan fingerprint density at radius 2 is 1.75 bits per heavy atom. The Morgan fingerprint density at radius 1 is 1.20 bits per heavy atom. The maximum Gasteiger partial charge on any atom is 0.283 e. The molecular weight excluding hydrogens is 298 g/mol. The fourth-order valence-corrected chi connectivity index (χ4v) is 4.98. The fraction of sp³-hybridized carbons (Fsp3) is 0.917. The van der Waals surface area contributed by atoms with Gasteiger partial charge in [-0.2, -0.15) is 17.0 Å². The molecule has 0 spiro atoms. The topological polar surface area (TPSA) is 60.9 Å². The minimum absolute atomic E-state index is 0.0560. The van der Waals surface area contributed by atoms with Gasteiger partial charge >= 0.3 is 0 Å². The number of likely N-dealkylation sites (N-methyl/N-ethyl adjacent to an activating group) is 1. The second kappa shape index (κ2) is 6.64. The standard InChI is InChI=1S/C12H25N3O3S2/c1-9(2)13(5)12(16)11-7-19-8-15(11)20(17,18)14(6)10(3)4/h9-11H,7-8H2,1-6H3. The molecule has 20 heavy (non-hydrogen) atoms. The average Bonchev–Trinajstić information content (AvgIpc) is 2.85. The van der Waals surface area contributed by atoms with Crippen molar-refractivity contribution in [2.45, 2.75) is 45.8 Å². The molecule has 0 radical (unpaired) electrons. The van der Waals surface area contributed by atoms with Crippen LogP contribution in [-0.2, 0) is 15.0 Å². The fourth-order valence-electron chi connectivity index (χ4n) is 1.77. The summed E-state index contributed by atoms with van der Waals surface area (Å²) in [7, 11) is -0.326. The molecule has 1 unspecified atom stereocenters. The van der Waals surface area contributed by atoms with Crippen molar-refractivity contribution in [2.75, 3.05) is 25.7 Å². The van der Waals surface area contributed by atoms with Crippen molar-refractivity contribution in [3.05, 3.63) is 0 Å². The van der Waals surface area contributed by atoms with Crippen molar-refractivity contribution < 1.29 is 13.2 Å². The highest BCUT2D eigenvalue weighted by Crippen LogP contribution is 2.27. The highest BCUT2D eigenvalue weighted by Gasteiger charge is 2.42. The van der Waals surface area contributed by atoms with Gasteiger partial charge in [0.1, 0.15) is 6.04 Å². The van der Waals surface area contributed by atoms with E-state index in [1.54, 1.807) is 19.0 Å². The number of hydrogen-bond donors (Lipinski definition) is 0. The molecule has 1 atom stereocenters. The van der Waals surface area contributed by atoms with Gasteiger partial charge in [0.05, 0.1) is 5.88 Å². The lowest BCUT2D eigenvalue weighted by Crippen LogP contribution is -2.53. The molecule has 6 nitrogen and oxygen atoms in total. The smallest absolute Gasteiger partial charge is 0.283 e. The zero-order valence-corrected chi connectivity index (χ0v) is 14.7. The van der Waals surface area contributed by atoms with Crippen LogP contribution in [0.25, 0.3) is 0 Å². The van der Waals surface area contributed by atoms with E-state index in [4.69, 9.17) is 0 Å². The molecule has 0 aromatic carbocycles. The summed E-state index contributed by atoms with van der Waals surface area (Å²) in [5.41, 5.74) is 0. The first-order valence-corrected chi connectivity index (χ1v) is 9.25. The highest BCUT2D eigenvalue weighted by molar-refractivity contribution is 8.00. The Labute approximate surface area is 126 Å². The molecule has 0 aromatic heterocycles. The van der Waals surface area contributed by atoms with E-state index < -0.39 is 16.3 Å². The van der Waals surface area contributed by atoms with Gasteiger partial charge in [0, 0.05) is 31.9 Å². The molecule has 1 aliphatic rings. The van der Waals surface area contributed by atoms with Crippen LogP contribution < -0.4 is 0 Å². The van der Waals surface area contributed by atoms with Crippen molar-refractivity contribution in [1.82, 2.24) is 13.5 Å².